The first kappa shape index (κ1) is 22.5. The smallest absolute Gasteiger partial charge is 0.316 e. The topological polar surface area (TPSA) is 84.0 Å². The lowest BCUT2D eigenvalue weighted by Crippen LogP contribution is -2.40. The number of hydrogen-bond donors (Lipinski definition) is 0. The van der Waals surface area contributed by atoms with Crippen molar-refractivity contribution in [3.63, 3.8) is 0 Å². The molecule has 2 aromatic carbocycles. The molecule has 4 aliphatic carbocycles. The summed E-state index contributed by atoms with van der Waals surface area (Å²) in [7, 11) is 0. The van der Waals surface area contributed by atoms with Gasteiger partial charge in [-0.05, 0) is 54.7 Å². The summed E-state index contributed by atoms with van der Waals surface area (Å²) in [6, 6.07) is 16.2. The highest BCUT2D eigenvalue weighted by molar-refractivity contribution is 6.22. The number of benzene rings is 2. The molecule has 37 heavy (non-hydrogen) atoms. The van der Waals surface area contributed by atoms with Gasteiger partial charge in [-0.3, -0.25) is 19.2 Å². The molecule has 0 unspecified atom stereocenters. The van der Waals surface area contributed by atoms with Crippen LogP contribution < -0.4 is 9.64 Å². The van der Waals surface area contributed by atoms with Crippen LogP contribution in [0.1, 0.15) is 31.4 Å². The van der Waals surface area contributed by atoms with Gasteiger partial charge in [-0.15, -0.1) is 0 Å². The summed E-state index contributed by atoms with van der Waals surface area (Å²) >= 11 is 0. The first-order valence-corrected chi connectivity index (χ1v) is 13.1. The van der Waals surface area contributed by atoms with Crippen molar-refractivity contribution in [3.8, 4) is 5.75 Å². The van der Waals surface area contributed by atoms with Gasteiger partial charge in [0.2, 0.25) is 17.7 Å². The van der Waals surface area contributed by atoms with Crippen molar-refractivity contribution >= 4 is 29.4 Å². The van der Waals surface area contributed by atoms with Crippen LogP contribution in [-0.2, 0) is 19.2 Å². The predicted octanol–water partition coefficient (Wildman–Crippen LogP) is 3.76. The van der Waals surface area contributed by atoms with Crippen molar-refractivity contribution < 1.29 is 23.9 Å². The Balaban J connectivity index is 1.06. The van der Waals surface area contributed by atoms with Gasteiger partial charge in [0.1, 0.15) is 5.75 Å². The van der Waals surface area contributed by atoms with E-state index in [0.717, 1.165) is 12.0 Å². The van der Waals surface area contributed by atoms with Gasteiger partial charge in [-0.2, -0.15) is 0 Å². The first-order chi connectivity index (χ1) is 17.9. The molecule has 0 N–H and O–H groups in total. The molecule has 6 aliphatic rings. The number of hydrogen-bond acceptors (Lipinski definition) is 5. The van der Waals surface area contributed by atoms with Gasteiger partial charge < -0.3 is 9.64 Å². The summed E-state index contributed by atoms with van der Waals surface area (Å²) < 4.78 is 5.67. The molecule has 2 aliphatic heterocycles. The van der Waals surface area contributed by atoms with E-state index in [1.165, 1.54) is 4.90 Å². The molecule has 0 radical (unpaired) electrons. The number of anilines is 1. The quantitative estimate of drug-likeness (QED) is 0.272. The van der Waals surface area contributed by atoms with E-state index in [0.29, 0.717) is 17.5 Å². The third kappa shape index (κ3) is 3.40. The van der Waals surface area contributed by atoms with Crippen molar-refractivity contribution in [3.05, 3.63) is 72.3 Å². The molecule has 2 bridgehead atoms. The third-order valence-electron chi connectivity index (χ3n) is 9.20. The molecule has 2 aromatic rings. The second kappa shape index (κ2) is 8.13. The number of carbonyl (C=O) groups excluding carboxylic acids is 4. The lowest BCUT2D eigenvalue weighted by atomic mass is 9.63. The maximum absolute atomic E-state index is 13.4. The zero-order valence-electron chi connectivity index (χ0n) is 20.5. The third-order valence-corrected chi connectivity index (χ3v) is 9.20. The average Bonchev–Trinajstić information content (AvgIpc) is 3.59. The highest BCUT2D eigenvalue weighted by atomic mass is 16.5. The molecule has 188 valence electrons. The van der Waals surface area contributed by atoms with Crippen molar-refractivity contribution in [2.75, 3.05) is 11.4 Å². The van der Waals surface area contributed by atoms with Crippen LogP contribution in [0.4, 0.5) is 5.69 Å². The van der Waals surface area contributed by atoms with Crippen LogP contribution in [-0.4, -0.2) is 35.1 Å². The summed E-state index contributed by atoms with van der Waals surface area (Å²) in [4.78, 5) is 55.6. The summed E-state index contributed by atoms with van der Waals surface area (Å²) in [5.41, 5.74) is 1.45. The van der Waals surface area contributed by atoms with Crippen LogP contribution in [0, 0.1) is 41.4 Å². The largest absolute Gasteiger partial charge is 0.426 e. The Kier molecular flexibility index (Phi) is 4.94. The fraction of sp³-hybridized carbons (Fsp3) is 0.400. The second-order valence-corrected chi connectivity index (χ2v) is 11.1. The maximum atomic E-state index is 13.4. The molecule has 8 rings (SSSR count). The predicted molar refractivity (Wildman–Crippen MR) is 134 cm³/mol. The fourth-order valence-corrected chi connectivity index (χ4v) is 7.27. The maximum Gasteiger partial charge on any atom is 0.316 e. The van der Waals surface area contributed by atoms with Gasteiger partial charge in [0, 0.05) is 19.0 Å². The van der Waals surface area contributed by atoms with E-state index in [9.17, 15) is 19.2 Å². The van der Waals surface area contributed by atoms with Gasteiger partial charge in [-0.1, -0.05) is 48.6 Å². The molecular formula is C30H28N2O5. The van der Waals surface area contributed by atoms with Crippen LogP contribution in [0.2, 0.25) is 0 Å². The number of nitrogens with zero attached hydrogens (tertiary/aromatic N) is 2. The highest BCUT2D eigenvalue weighted by Gasteiger charge is 2.67. The number of likely N-dealkylation sites (tertiary alicyclic amines) is 1. The van der Waals surface area contributed by atoms with Crippen molar-refractivity contribution in [1.29, 1.82) is 0 Å². The molecule has 3 amide bonds. The fourth-order valence-electron chi connectivity index (χ4n) is 7.27. The van der Waals surface area contributed by atoms with Crippen molar-refractivity contribution in [2.45, 2.75) is 25.8 Å². The Labute approximate surface area is 215 Å². The molecule has 2 saturated carbocycles. The molecule has 0 spiro atoms. The van der Waals surface area contributed by atoms with Gasteiger partial charge in [-0.25, -0.2) is 4.90 Å². The number of rotatable bonds is 5. The van der Waals surface area contributed by atoms with Crippen LogP contribution >= 0.6 is 0 Å². The van der Waals surface area contributed by atoms with E-state index in [1.807, 2.05) is 37.3 Å². The number of esters is 1. The van der Waals surface area contributed by atoms with Crippen molar-refractivity contribution in [2.24, 2.45) is 41.4 Å². The lowest BCUT2D eigenvalue weighted by Gasteiger charge is -2.37. The Morgan fingerprint density at radius 1 is 0.919 bits per heavy atom. The number of allylic oxidation sites excluding steroid dienone is 2. The SMILES string of the molecule is C[C@H](c1ccccc1)N1C[C@H](C(=O)Oc2cccc(N3C(=O)[C@@H]4[C@H]5C=C[C@@H]([C@@H]6C[C@H]56)[C@@H]4C3=O)c2)CC1=O. The summed E-state index contributed by atoms with van der Waals surface area (Å²) in [5.74, 6) is -0.321. The first-order valence-electron chi connectivity index (χ1n) is 13.1. The van der Waals surface area contributed by atoms with E-state index in [1.54, 1.807) is 29.2 Å². The van der Waals surface area contributed by atoms with Crippen LogP contribution in [0.3, 0.4) is 0 Å². The number of imide groups is 1. The molecule has 7 nitrogen and oxygen atoms in total. The van der Waals surface area contributed by atoms with Gasteiger partial charge in [0.05, 0.1) is 29.5 Å². The second-order valence-electron chi connectivity index (χ2n) is 11.1. The zero-order chi connectivity index (χ0) is 25.4. The number of amides is 3. The highest BCUT2D eigenvalue weighted by Crippen LogP contribution is 2.65. The molecule has 7 heteroatoms. The van der Waals surface area contributed by atoms with E-state index in [4.69, 9.17) is 4.74 Å². The Morgan fingerprint density at radius 3 is 2.27 bits per heavy atom. The van der Waals surface area contributed by atoms with E-state index in [2.05, 4.69) is 12.2 Å². The minimum absolute atomic E-state index is 0.0794. The summed E-state index contributed by atoms with van der Waals surface area (Å²) in [6.07, 6.45) is 5.52. The lowest BCUT2D eigenvalue weighted by molar-refractivity contribution is -0.139. The summed E-state index contributed by atoms with van der Waals surface area (Å²) in [5, 5.41) is 0. The molecule has 4 fully saturated rings. The molecule has 8 atom stereocenters. The Bertz CT molecular complexity index is 1320. The van der Waals surface area contributed by atoms with E-state index >= 15 is 0 Å². The molecular weight excluding hydrogens is 468 g/mol. The Morgan fingerprint density at radius 2 is 1.59 bits per heavy atom. The minimum Gasteiger partial charge on any atom is -0.426 e. The van der Waals surface area contributed by atoms with Crippen molar-refractivity contribution in [1.82, 2.24) is 4.90 Å². The van der Waals surface area contributed by atoms with Crippen LogP contribution in [0.5, 0.6) is 5.75 Å². The average molecular weight is 497 g/mol. The number of ether oxygens (including phenoxy) is 1. The van der Waals surface area contributed by atoms with E-state index < -0.39 is 11.9 Å². The summed E-state index contributed by atoms with van der Waals surface area (Å²) in [6.45, 7) is 2.25. The standard InChI is InChI=1S/C30H28N2O5/c1-16(17-6-3-2-4-7-17)31-15-18(12-25(31)33)30(36)37-20-9-5-8-19(13-20)32-28(34)26-21-10-11-22(24-14-23(21)24)27(26)29(32)35/h2-11,13,16,18,21-24,26-27H,12,14-15H2,1H3/t16-,18-,21+,22+,23-,24+,26-,27+/m1/s1. The van der Waals surface area contributed by atoms with Gasteiger partial charge in [0.15, 0.2) is 0 Å². The Hall–Kier alpha value is -3.74. The number of carbonyl (C=O) groups is 4. The van der Waals surface area contributed by atoms with Crippen LogP contribution in [0.25, 0.3) is 0 Å². The van der Waals surface area contributed by atoms with E-state index in [-0.39, 0.29) is 66.2 Å². The molecule has 0 aromatic heterocycles. The zero-order valence-corrected chi connectivity index (χ0v) is 20.5. The monoisotopic (exact) mass is 496 g/mol. The normalized spacial score (nSPS) is 34.0. The molecule has 2 heterocycles. The van der Waals surface area contributed by atoms with Crippen LogP contribution in [0.15, 0.2) is 66.7 Å². The van der Waals surface area contributed by atoms with Gasteiger partial charge in [0.25, 0.3) is 0 Å². The molecule has 2 saturated heterocycles. The van der Waals surface area contributed by atoms with Gasteiger partial charge >= 0.3 is 5.97 Å². The minimum atomic E-state index is -0.575.